The number of rotatable bonds is 16. The molecule has 3 N–H and O–H groups in total. The molecular weight excluding hydrogens is 1500 g/mol. The zero-order valence-electron chi connectivity index (χ0n) is 62.3. The summed E-state index contributed by atoms with van der Waals surface area (Å²) in [7, 11) is -0.269. The summed E-state index contributed by atoms with van der Waals surface area (Å²) in [6.07, 6.45) is -0.584. The van der Waals surface area contributed by atoms with Crippen LogP contribution in [0.25, 0.3) is 16.9 Å². The van der Waals surface area contributed by atoms with Gasteiger partial charge >= 0.3 is 6.09 Å². The summed E-state index contributed by atoms with van der Waals surface area (Å²) in [5, 5.41) is 19.5. The van der Waals surface area contributed by atoms with Gasteiger partial charge in [0.2, 0.25) is 5.91 Å². The molecule has 3 aromatic heterocycles. The number of nitrogens with zero attached hydrogens (tertiary/aromatic N) is 4. The maximum Gasteiger partial charge on any atom is 0.410 e. The van der Waals surface area contributed by atoms with Crippen LogP contribution in [0.4, 0.5) is 16.4 Å². The van der Waals surface area contributed by atoms with Crippen LogP contribution < -0.4 is 74.7 Å². The molecule has 0 radical (unpaired) electrons. The summed E-state index contributed by atoms with van der Waals surface area (Å²) in [5.41, 5.74) is 9.83. The minimum atomic E-state index is -0.779. The fraction of sp³-hybridized carbons (Fsp3) is 0.0947. The second-order valence-electron chi connectivity index (χ2n) is 26.2. The fourth-order valence-electron chi connectivity index (χ4n) is 12.0. The number of benzene rings is 12. The second kappa shape index (κ2) is 41.1. The Bertz CT molecular complexity index is 4340. The van der Waals surface area contributed by atoms with Crippen LogP contribution >= 0.6 is 31.7 Å². The average Bonchev–Trinajstić information content (AvgIpc) is 1.65. The van der Waals surface area contributed by atoms with Gasteiger partial charge < -0.3 is 15.8 Å². The van der Waals surface area contributed by atoms with E-state index in [2.05, 4.69) is 379 Å². The van der Waals surface area contributed by atoms with E-state index >= 15 is 0 Å². The minimum absolute atomic E-state index is 0. The van der Waals surface area contributed by atoms with Crippen molar-refractivity contribution >= 4 is 125 Å². The number of fused-ring (bicyclic) bond motifs is 1. The van der Waals surface area contributed by atoms with E-state index in [1.165, 1.54) is 75.6 Å². The van der Waals surface area contributed by atoms with Crippen LogP contribution in [0.15, 0.2) is 394 Å². The number of aryl methyl sites for hydroxylation is 2. The van der Waals surface area contributed by atoms with Crippen LogP contribution in [-0.4, -0.2) is 50.0 Å². The van der Waals surface area contributed by atoms with Crippen LogP contribution in [0.5, 0.6) is 0 Å². The standard InChI is InChI=1S/C23H30N6O3.4C18H15P.Pd/c1-13-14(2)29-17(9-8-10-20(29)25-13)16-11-18(24)26-19(12-16)27-21(30)15(3)28(7)22(31)32-23(4,5)6;4*1-4-10-16(11-5-1)19(17-12-6-2-7-13-17)18-14-8-3-9-15-18;/h8-12,15H,1-7H3,(H3,24,26,27,30);4*1-15H;. The molecule has 0 aliphatic carbocycles. The third-order valence-corrected chi connectivity index (χ3v) is 27.1. The van der Waals surface area contributed by atoms with Crippen LogP contribution in [0.1, 0.15) is 39.1 Å². The van der Waals surface area contributed by atoms with E-state index in [-0.39, 0.29) is 26.2 Å². The molecule has 0 fully saturated rings. The van der Waals surface area contributed by atoms with Gasteiger partial charge in [0, 0.05) is 38.7 Å². The van der Waals surface area contributed by atoms with Crippen molar-refractivity contribution in [1.29, 1.82) is 0 Å². The van der Waals surface area contributed by atoms with Gasteiger partial charge in [0.15, 0.2) is 0 Å². The summed E-state index contributed by atoms with van der Waals surface area (Å²) < 4.78 is 7.37. The van der Waals surface area contributed by atoms with Gasteiger partial charge in [-0.1, -0.05) is 370 Å². The first-order valence-electron chi connectivity index (χ1n) is 36.0. The van der Waals surface area contributed by atoms with Crippen molar-refractivity contribution in [1.82, 2.24) is 19.3 Å². The molecule has 12 aromatic carbocycles. The summed E-state index contributed by atoms with van der Waals surface area (Å²) in [5.74, 6) is 0.147. The Kier molecular flexibility index (Phi) is 30.5. The van der Waals surface area contributed by atoms with Crippen LogP contribution in [0.2, 0.25) is 0 Å². The number of nitrogens with two attached hydrogens (primary N) is 1. The molecule has 0 saturated heterocycles. The molecule has 3 heterocycles. The summed E-state index contributed by atoms with van der Waals surface area (Å²) in [6.45, 7) is 10.9. The molecule has 1 atom stereocenters. The van der Waals surface area contributed by atoms with Crippen molar-refractivity contribution in [3.8, 4) is 11.3 Å². The largest absolute Gasteiger partial charge is 0.444 e. The molecule has 1 unspecified atom stereocenters. The number of hydrogen-bond donors (Lipinski definition) is 2. The van der Waals surface area contributed by atoms with Gasteiger partial charge in [-0.25, -0.2) is 14.8 Å². The van der Waals surface area contributed by atoms with E-state index in [4.69, 9.17) is 10.5 Å². The number of nitrogens with one attached hydrogen (secondary N) is 1. The van der Waals surface area contributed by atoms with E-state index in [9.17, 15) is 9.59 Å². The van der Waals surface area contributed by atoms with Gasteiger partial charge in [-0.3, -0.25) is 14.1 Å². The number of nitrogen functional groups attached to an aromatic ring is 1. The van der Waals surface area contributed by atoms with Gasteiger partial charge in [-0.2, -0.15) is 0 Å². The number of amides is 2. The van der Waals surface area contributed by atoms with Crippen LogP contribution in [0, 0.1) is 13.8 Å². The maximum atomic E-state index is 12.8. The molecule has 15 aromatic rings. The molecule has 0 aliphatic heterocycles. The third kappa shape index (κ3) is 23.0. The Labute approximate surface area is 662 Å². The van der Waals surface area contributed by atoms with Crippen LogP contribution in [0.3, 0.4) is 0 Å². The number of pyridine rings is 2. The Hall–Kier alpha value is -10.6. The van der Waals surface area contributed by atoms with Gasteiger partial charge in [-0.05, 0) is 161 Å². The smallest absolute Gasteiger partial charge is 0.410 e. The van der Waals surface area contributed by atoms with E-state index in [1.54, 1.807) is 39.8 Å². The first-order valence-corrected chi connectivity index (χ1v) is 41.3. The SMILES string of the molecule is Cc1nc2cccc(-c3cc(N)nc(NC(=O)C(C)N(C)C(=O)OC(C)(C)C)c3)n2c1C.[Pd].c1ccc(P(c2ccccc2)c2ccccc2)cc1.c1ccc(P(c2ccccc2)c2ccccc2)cc1.c1ccc(P(c2ccccc2)c2ccccc2)cc1.c1ccc(P(c2ccccc2)c2ccccc2)cc1. The number of imidazole rings is 1. The minimum Gasteiger partial charge on any atom is -0.444 e. The molecular formula is C95H90N6O3P4Pd. The molecule has 0 saturated carbocycles. The Morgan fingerprint density at radius 3 is 0.872 bits per heavy atom. The Balaban J connectivity index is 0.000000147. The van der Waals surface area contributed by atoms with Gasteiger partial charge in [0.05, 0.1) is 11.4 Å². The Morgan fingerprint density at radius 1 is 0.385 bits per heavy atom. The predicted octanol–water partition coefficient (Wildman–Crippen LogP) is 17.6. The number of ether oxygens (including phenoxy) is 1. The number of aromatic nitrogens is 3. The molecule has 0 bridgehead atoms. The number of anilines is 2. The summed E-state index contributed by atoms with van der Waals surface area (Å²) in [4.78, 5) is 35.1. The normalized spacial score (nSPS) is 11.0. The zero-order valence-corrected chi connectivity index (χ0v) is 67.4. The number of carbonyl (C=O) groups is 2. The predicted molar refractivity (Wildman–Crippen MR) is 465 cm³/mol. The van der Waals surface area contributed by atoms with Gasteiger partial charge in [-0.15, -0.1) is 0 Å². The quantitative estimate of drug-likeness (QED) is 0.0736. The van der Waals surface area contributed by atoms with Crippen molar-refractivity contribution < 1.29 is 34.7 Å². The summed E-state index contributed by atoms with van der Waals surface area (Å²) in [6, 6.07) is 138. The molecule has 14 heteroatoms. The van der Waals surface area contributed by atoms with Crippen molar-refractivity contribution in [3.05, 3.63) is 406 Å². The molecule has 109 heavy (non-hydrogen) atoms. The third-order valence-electron chi connectivity index (χ3n) is 17.3. The maximum absolute atomic E-state index is 12.8. The number of carbonyl (C=O) groups excluding carboxylic acids is 2. The van der Waals surface area contributed by atoms with Crippen molar-refractivity contribution in [2.24, 2.45) is 0 Å². The summed E-state index contributed by atoms with van der Waals surface area (Å²) >= 11 is 0. The van der Waals surface area contributed by atoms with Crippen molar-refractivity contribution in [2.75, 3.05) is 18.1 Å². The Morgan fingerprint density at radius 2 is 0.633 bits per heavy atom. The van der Waals surface area contributed by atoms with Crippen LogP contribution in [-0.2, 0) is 30.0 Å². The van der Waals surface area contributed by atoms with E-state index in [0.29, 0.717) is 5.82 Å². The number of likely N-dealkylation sites (N-methyl/N-ethyl adjacent to an activating group) is 1. The monoisotopic (exact) mass is 1590 g/mol. The number of hydrogen-bond acceptors (Lipinski definition) is 6. The molecule has 2 amide bonds. The van der Waals surface area contributed by atoms with E-state index < -0.39 is 55.3 Å². The molecule has 0 spiro atoms. The fourth-order valence-corrected chi connectivity index (χ4v) is 21.2. The molecule has 9 nitrogen and oxygen atoms in total. The second-order valence-corrected chi connectivity index (χ2v) is 35.1. The molecule has 548 valence electrons. The first kappa shape index (κ1) is 80.9. The zero-order chi connectivity index (χ0) is 75.5. The van der Waals surface area contributed by atoms with Gasteiger partial charge in [0.1, 0.15) is 28.9 Å². The topological polar surface area (TPSA) is 115 Å². The van der Waals surface area contributed by atoms with Crippen molar-refractivity contribution in [3.63, 3.8) is 0 Å². The van der Waals surface area contributed by atoms with Crippen molar-refractivity contribution in [2.45, 2.75) is 53.2 Å². The first-order chi connectivity index (χ1) is 52.7. The van der Waals surface area contributed by atoms with Gasteiger partial charge in [0.25, 0.3) is 0 Å². The average molecular weight is 1590 g/mol. The molecule has 0 aliphatic rings. The van der Waals surface area contributed by atoms with E-state index in [0.717, 1.165) is 28.3 Å². The van der Waals surface area contributed by atoms with E-state index in [1.807, 2.05) is 36.4 Å². The molecule has 15 rings (SSSR count).